The van der Waals surface area contributed by atoms with Crippen molar-refractivity contribution in [3.05, 3.63) is 53.2 Å². The average Bonchev–Trinajstić information content (AvgIpc) is 2.74. The highest BCUT2D eigenvalue weighted by molar-refractivity contribution is 6.30. The summed E-state index contributed by atoms with van der Waals surface area (Å²) in [5.41, 5.74) is 1.83. The number of pyridine rings is 1. The number of carbonyl (C=O) groups is 1. The maximum Gasteiger partial charge on any atom is 0.254 e. The van der Waals surface area contributed by atoms with Crippen molar-refractivity contribution >= 4 is 29.0 Å². The number of halogens is 1. The van der Waals surface area contributed by atoms with Gasteiger partial charge in [-0.05, 0) is 37.4 Å². The molecular weight excluding hydrogens is 374 g/mol. The number of hydrogen-bond donors (Lipinski definition) is 0. The fourth-order valence-electron chi connectivity index (χ4n) is 3.78. The molecule has 4 rings (SSSR count). The lowest BCUT2D eigenvalue weighted by molar-refractivity contribution is 0.0746. The Bertz CT molecular complexity index is 829. The number of amides is 1. The predicted molar refractivity (Wildman–Crippen MR) is 114 cm³/mol. The molecule has 0 radical (unpaired) electrons. The number of likely N-dealkylation sites (N-methyl/N-ethyl adjacent to an activating group) is 1. The fraction of sp³-hybridized carbons (Fsp3) is 0.429. The highest BCUT2D eigenvalue weighted by Gasteiger charge is 2.23. The Morgan fingerprint density at radius 3 is 2.36 bits per heavy atom. The molecule has 1 aromatic carbocycles. The second kappa shape index (κ2) is 8.37. The summed E-state index contributed by atoms with van der Waals surface area (Å²) in [5, 5.41) is 0.740. The number of rotatable bonds is 3. The SMILES string of the molecule is CN1CCN(c2cc(C(=O)N3CCN(c4cccc(Cl)c4)CC3)ccn2)CC1. The number of hydrogen-bond acceptors (Lipinski definition) is 5. The van der Waals surface area contributed by atoms with Gasteiger partial charge in [0.1, 0.15) is 5.82 Å². The maximum absolute atomic E-state index is 13.0. The first-order valence-electron chi connectivity index (χ1n) is 9.79. The van der Waals surface area contributed by atoms with Crippen LogP contribution in [-0.4, -0.2) is 80.1 Å². The molecule has 1 aromatic heterocycles. The topological polar surface area (TPSA) is 42.9 Å². The summed E-state index contributed by atoms with van der Waals surface area (Å²) >= 11 is 6.11. The van der Waals surface area contributed by atoms with E-state index in [1.807, 2.05) is 35.2 Å². The van der Waals surface area contributed by atoms with E-state index in [4.69, 9.17) is 11.6 Å². The Morgan fingerprint density at radius 2 is 1.64 bits per heavy atom. The first kappa shape index (κ1) is 19.0. The van der Waals surface area contributed by atoms with E-state index in [1.165, 1.54) is 0 Å². The zero-order valence-electron chi connectivity index (χ0n) is 16.2. The highest BCUT2D eigenvalue weighted by atomic mass is 35.5. The number of aromatic nitrogens is 1. The van der Waals surface area contributed by atoms with E-state index in [-0.39, 0.29) is 5.91 Å². The van der Waals surface area contributed by atoms with Crippen LogP contribution in [0.1, 0.15) is 10.4 Å². The van der Waals surface area contributed by atoms with Crippen LogP contribution < -0.4 is 9.80 Å². The number of benzene rings is 1. The molecule has 148 valence electrons. The number of piperazine rings is 2. The lowest BCUT2D eigenvalue weighted by atomic mass is 10.2. The molecule has 0 spiro atoms. The van der Waals surface area contributed by atoms with Crippen LogP contribution >= 0.6 is 11.6 Å². The normalized spacial score (nSPS) is 18.4. The molecule has 2 saturated heterocycles. The Morgan fingerprint density at radius 1 is 0.929 bits per heavy atom. The van der Waals surface area contributed by atoms with Gasteiger partial charge in [0.25, 0.3) is 5.91 Å². The van der Waals surface area contributed by atoms with Crippen molar-refractivity contribution < 1.29 is 4.79 Å². The van der Waals surface area contributed by atoms with E-state index in [1.54, 1.807) is 6.20 Å². The molecule has 2 fully saturated rings. The van der Waals surface area contributed by atoms with E-state index in [9.17, 15) is 4.79 Å². The molecule has 0 aliphatic carbocycles. The number of nitrogens with zero attached hydrogens (tertiary/aromatic N) is 5. The molecule has 2 aliphatic heterocycles. The van der Waals surface area contributed by atoms with Crippen LogP contribution in [0.25, 0.3) is 0 Å². The van der Waals surface area contributed by atoms with Crippen LogP contribution in [0.3, 0.4) is 0 Å². The fourth-order valence-corrected chi connectivity index (χ4v) is 3.97. The molecular formula is C21H26ClN5O. The van der Waals surface area contributed by atoms with Gasteiger partial charge in [0.05, 0.1) is 0 Å². The van der Waals surface area contributed by atoms with E-state index in [2.05, 4.69) is 32.8 Å². The first-order chi connectivity index (χ1) is 13.6. The van der Waals surface area contributed by atoms with Gasteiger partial charge in [0.2, 0.25) is 0 Å². The second-order valence-corrected chi connectivity index (χ2v) is 7.89. The van der Waals surface area contributed by atoms with Crippen molar-refractivity contribution in [3.8, 4) is 0 Å². The predicted octanol–water partition coefficient (Wildman–Crippen LogP) is 2.45. The van der Waals surface area contributed by atoms with E-state index in [0.29, 0.717) is 13.1 Å². The van der Waals surface area contributed by atoms with Gasteiger partial charge in [-0.2, -0.15) is 0 Å². The molecule has 3 heterocycles. The van der Waals surface area contributed by atoms with Gasteiger partial charge < -0.3 is 19.6 Å². The summed E-state index contributed by atoms with van der Waals surface area (Å²) in [6, 6.07) is 11.7. The molecule has 0 atom stereocenters. The third-order valence-corrected chi connectivity index (χ3v) is 5.80. The van der Waals surface area contributed by atoms with Crippen molar-refractivity contribution in [2.24, 2.45) is 0 Å². The lowest BCUT2D eigenvalue weighted by Gasteiger charge is -2.36. The quantitative estimate of drug-likeness (QED) is 0.793. The molecule has 0 N–H and O–H groups in total. The van der Waals surface area contributed by atoms with Gasteiger partial charge in [-0.15, -0.1) is 0 Å². The Labute approximate surface area is 171 Å². The Balaban J connectivity index is 1.39. The van der Waals surface area contributed by atoms with Crippen LogP contribution in [0.2, 0.25) is 5.02 Å². The van der Waals surface area contributed by atoms with Gasteiger partial charge in [-0.1, -0.05) is 17.7 Å². The average molecular weight is 400 g/mol. The number of carbonyl (C=O) groups excluding carboxylic acids is 1. The summed E-state index contributed by atoms with van der Waals surface area (Å²) in [6.07, 6.45) is 1.75. The molecule has 0 unspecified atom stereocenters. The molecule has 1 amide bonds. The zero-order chi connectivity index (χ0) is 19.5. The summed E-state index contributed by atoms with van der Waals surface area (Å²) in [7, 11) is 2.13. The third-order valence-electron chi connectivity index (χ3n) is 5.56. The van der Waals surface area contributed by atoms with Crippen molar-refractivity contribution in [1.29, 1.82) is 0 Å². The minimum Gasteiger partial charge on any atom is -0.368 e. The van der Waals surface area contributed by atoms with Crippen molar-refractivity contribution in [1.82, 2.24) is 14.8 Å². The highest BCUT2D eigenvalue weighted by Crippen LogP contribution is 2.22. The van der Waals surface area contributed by atoms with Crippen molar-refractivity contribution in [2.45, 2.75) is 0 Å². The van der Waals surface area contributed by atoms with E-state index < -0.39 is 0 Å². The van der Waals surface area contributed by atoms with Crippen LogP contribution in [0.4, 0.5) is 11.5 Å². The largest absolute Gasteiger partial charge is 0.368 e. The maximum atomic E-state index is 13.0. The third kappa shape index (κ3) is 4.23. The van der Waals surface area contributed by atoms with Gasteiger partial charge >= 0.3 is 0 Å². The molecule has 7 heteroatoms. The van der Waals surface area contributed by atoms with Gasteiger partial charge in [0, 0.05) is 74.8 Å². The Kier molecular flexibility index (Phi) is 5.69. The summed E-state index contributed by atoms with van der Waals surface area (Å²) in [4.78, 5) is 26.3. The lowest BCUT2D eigenvalue weighted by Crippen LogP contribution is -2.49. The standard InChI is InChI=1S/C21H26ClN5O/c1-24-7-9-26(10-8-24)20-15-17(5-6-23-20)21(28)27-13-11-25(12-14-27)19-4-2-3-18(22)16-19/h2-6,15-16H,7-14H2,1H3. The first-order valence-corrected chi connectivity index (χ1v) is 10.2. The van der Waals surface area contributed by atoms with Crippen LogP contribution in [0, 0.1) is 0 Å². The van der Waals surface area contributed by atoms with Crippen LogP contribution in [0.5, 0.6) is 0 Å². The minimum absolute atomic E-state index is 0.0866. The summed E-state index contributed by atoms with van der Waals surface area (Å²) < 4.78 is 0. The smallest absolute Gasteiger partial charge is 0.254 e. The van der Waals surface area contributed by atoms with Crippen molar-refractivity contribution in [2.75, 3.05) is 69.2 Å². The monoisotopic (exact) mass is 399 g/mol. The van der Waals surface area contributed by atoms with Crippen LogP contribution in [0.15, 0.2) is 42.6 Å². The molecule has 28 heavy (non-hydrogen) atoms. The van der Waals surface area contributed by atoms with Gasteiger partial charge in [-0.3, -0.25) is 4.79 Å². The molecule has 0 saturated carbocycles. The molecule has 2 aromatic rings. The summed E-state index contributed by atoms with van der Waals surface area (Å²) in [5.74, 6) is 0.986. The summed E-state index contributed by atoms with van der Waals surface area (Å²) in [6.45, 7) is 6.95. The van der Waals surface area contributed by atoms with Gasteiger partial charge in [0.15, 0.2) is 0 Å². The molecule has 2 aliphatic rings. The van der Waals surface area contributed by atoms with E-state index in [0.717, 1.165) is 61.4 Å². The van der Waals surface area contributed by atoms with Gasteiger partial charge in [-0.25, -0.2) is 4.98 Å². The van der Waals surface area contributed by atoms with E-state index >= 15 is 0 Å². The zero-order valence-corrected chi connectivity index (χ0v) is 17.0. The minimum atomic E-state index is 0.0866. The molecule has 6 nitrogen and oxygen atoms in total. The second-order valence-electron chi connectivity index (χ2n) is 7.45. The van der Waals surface area contributed by atoms with Crippen molar-refractivity contribution in [3.63, 3.8) is 0 Å². The number of anilines is 2. The van der Waals surface area contributed by atoms with Crippen LogP contribution in [-0.2, 0) is 0 Å². The Hall–Kier alpha value is -2.31. The molecule has 0 bridgehead atoms.